The molecule has 4 nitrogen and oxygen atoms in total. The molecule has 0 N–H and O–H groups in total. The minimum Gasteiger partial charge on any atom is -0.381 e. The summed E-state index contributed by atoms with van der Waals surface area (Å²) in [6.45, 7) is 12.3. The summed E-state index contributed by atoms with van der Waals surface area (Å²) in [4.78, 5) is 17.6. The van der Waals surface area contributed by atoms with Crippen LogP contribution in [-0.2, 0) is 9.53 Å². The molecule has 3 rings (SSSR count). The molecule has 0 aliphatic carbocycles. The maximum atomic E-state index is 12.7. The van der Waals surface area contributed by atoms with E-state index in [1.807, 2.05) is 0 Å². The van der Waals surface area contributed by atoms with Crippen LogP contribution < -0.4 is 0 Å². The summed E-state index contributed by atoms with van der Waals surface area (Å²) >= 11 is 0. The molecule has 3 fully saturated rings. The Labute approximate surface area is 147 Å². The first kappa shape index (κ1) is 18.2. The van der Waals surface area contributed by atoms with Crippen molar-refractivity contribution in [2.75, 3.05) is 32.8 Å². The average molecular weight is 337 g/mol. The second kappa shape index (κ2) is 8.18. The van der Waals surface area contributed by atoms with Gasteiger partial charge in [0.2, 0.25) is 5.91 Å². The van der Waals surface area contributed by atoms with Crippen molar-refractivity contribution in [3.8, 4) is 0 Å². The normalized spacial score (nSPS) is 31.3. The summed E-state index contributed by atoms with van der Waals surface area (Å²) < 4.78 is 5.50. The van der Waals surface area contributed by atoms with E-state index in [4.69, 9.17) is 4.74 Å². The van der Waals surface area contributed by atoms with Crippen molar-refractivity contribution < 1.29 is 9.53 Å². The predicted octanol–water partition coefficient (Wildman–Crippen LogP) is 3.16. The van der Waals surface area contributed by atoms with Crippen molar-refractivity contribution >= 4 is 5.91 Å². The molecule has 0 aromatic heterocycles. The number of rotatable bonds is 5. The Morgan fingerprint density at radius 2 is 1.92 bits per heavy atom. The first-order chi connectivity index (χ1) is 11.6. The summed E-state index contributed by atoms with van der Waals surface area (Å²) in [7, 11) is 0. The molecule has 0 bridgehead atoms. The Morgan fingerprint density at radius 3 is 2.58 bits per heavy atom. The van der Waals surface area contributed by atoms with Gasteiger partial charge in [-0.2, -0.15) is 0 Å². The van der Waals surface area contributed by atoms with Crippen LogP contribution in [0.2, 0.25) is 0 Å². The highest BCUT2D eigenvalue weighted by Gasteiger charge is 2.42. The van der Waals surface area contributed by atoms with E-state index >= 15 is 0 Å². The number of piperidine rings is 2. The third-order valence-electron chi connectivity index (χ3n) is 6.55. The van der Waals surface area contributed by atoms with Crippen LogP contribution in [0.4, 0.5) is 0 Å². The Kier molecular flexibility index (Phi) is 6.20. The number of carbonyl (C=O) groups is 1. The summed E-state index contributed by atoms with van der Waals surface area (Å²) in [6.07, 6.45) is 6.55. The molecule has 1 amide bonds. The van der Waals surface area contributed by atoms with Crippen molar-refractivity contribution in [1.82, 2.24) is 9.80 Å². The van der Waals surface area contributed by atoms with Gasteiger partial charge in [0.15, 0.2) is 0 Å². The van der Waals surface area contributed by atoms with E-state index in [9.17, 15) is 4.79 Å². The second-order valence-corrected chi connectivity index (χ2v) is 8.49. The number of carbonyl (C=O) groups excluding carboxylic acids is 1. The quantitative estimate of drug-likeness (QED) is 0.773. The number of hydrogen-bond donors (Lipinski definition) is 0. The van der Waals surface area contributed by atoms with Gasteiger partial charge < -0.3 is 14.5 Å². The van der Waals surface area contributed by atoms with E-state index in [2.05, 4.69) is 30.6 Å². The monoisotopic (exact) mass is 336 g/mol. The number of fused-ring (bicyclic) bond motifs is 1. The molecule has 3 saturated heterocycles. The van der Waals surface area contributed by atoms with Crippen molar-refractivity contribution in [1.29, 1.82) is 0 Å². The molecule has 3 aliphatic rings. The lowest BCUT2D eigenvalue weighted by Gasteiger charge is -2.51. The molecule has 24 heavy (non-hydrogen) atoms. The van der Waals surface area contributed by atoms with Crippen molar-refractivity contribution in [2.45, 2.75) is 71.4 Å². The number of nitrogens with zero attached hydrogens (tertiary/aromatic N) is 2. The zero-order chi connectivity index (χ0) is 17.1. The number of amides is 1. The molecular weight excluding hydrogens is 300 g/mol. The Morgan fingerprint density at radius 1 is 1.17 bits per heavy atom. The predicted molar refractivity (Wildman–Crippen MR) is 96.9 cm³/mol. The molecule has 138 valence electrons. The Balaban J connectivity index is 1.61. The van der Waals surface area contributed by atoms with Crippen LogP contribution in [-0.4, -0.2) is 60.6 Å². The van der Waals surface area contributed by atoms with Crippen LogP contribution in [0.5, 0.6) is 0 Å². The molecule has 3 aliphatic heterocycles. The number of ether oxygens (including phenoxy) is 1. The maximum Gasteiger partial charge on any atom is 0.223 e. The van der Waals surface area contributed by atoms with Crippen molar-refractivity contribution in [3.63, 3.8) is 0 Å². The summed E-state index contributed by atoms with van der Waals surface area (Å²) in [5.41, 5.74) is 0. The van der Waals surface area contributed by atoms with Crippen molar-refractivity contribution in [3.05, 3.63) is 0 Å². The highest BCUT2D eigenvalue weighted by atomic mass is 16.5. The molecule has 0 spiro atoms. The van der Waals surface area contributed by atoms with Gasteiger partial charge in [-0.25, -0.2) is 0 Å². The van der Waals surface area contributed by atoms with E-state index in [1.54, 1.807) is 0 Å². The lowest BCUT2D eigenvalue weighted by molar-refractivity contribution is -0.146. The molecule has 1 unspecified atom stereocenters. The number of likely N-dealkylation sites (tertiary alicyclic amines) is 2. The molecule has 0 aromatic carbocycles. The molecule has 0 radical (unpaired) electrons. The van der Waals surface area contributed by atoms with Crippen LogP contribution in [0.1, 0.15) is 59.3 Å². The van der Waals surface area contributed by atoms with Gasteiger partial charge >= 0.3 is 0 Å². The minimum atomic E-state index is 0.412. The van der Waals surface area contributed by atoms with Crippen LogP contribution in [0.25, 0.3) is 0 Å². The molecule has 3 heterocycles. The third-order valence-corrected chi connectivity index (χ3v) is 6.55. The van der Waals surface area contributed by atoms with Crippen molar-refractivity contribution in [2.24, 2.45) is 17.8 Å². The maximum absolute atomic E-state index is 12.7. The van der Waals surface area contributed by atoms with Gasteiger partial charge in [-0.05, 0) is 49.9 Å². The van der Waals surface area contributed by atoms with E-state index < -0.39 is 0 Å². The van der Waals surface area contributed by atoms with E-state index in [1.165, 1.54) is 32.4 Å². The third kappa shape index (κ3) is 3.96. The van der Waals surface area contributed by atoms with Gasteiger partial charge in [-0.3, -0.25) is 4.79 Å². The Hall–Kier alpha value is -0.610. The summed E-state index contributed by atoms with van der Waals surface area (Å²) in [5.74, 6) is 2.47. The van der Waals surface area contributed by atoms with Gasteiger partial charge in [0.05, 0.1) is 0 Å². The van der Waals surface area contributed by atoms with Gasteiger partial charge in [-0.15, -0.1) is 0 Å². The highest BCUT2D eigenvalue weighted by Crippen LogP contribution is 2.35. The average Bonchev–Trinajstić information content (AvgIpc) is 2.58. The van der Waals surface area contributed by atoms with E-state index in [0.29, 0.717) is 29.8 Å². The largest absolute Gasteiger partial charge is 0.381 e. The smallest absolute Gasteiger partial charge is 0.223 e. The topological polar surface area (TPSA) is 32.8 Å². The lowest BCUT2D eigenvalue weighted by atomic mass is 9.80. The fourth-order valence-corrected chi connectivity index (χ4v) is 5.25. The Bertz CT molecular complexity index is 420. The zero-order valence-corrected chi connectivity index (χ0v) is 15.9. The van der Waals surface area contributed by atoms with Crippen LogP contribution in [0.3, 0.4) is 0 Å². The van der Waals surface area contributed by atoms with Crippen LogP contribution in [0, 0.1) is 17.8 Å². The standard InChI is InChI=1S/C20H36N2O2/c1-4-18(15(2)3)22-19-7-10-21(13-16-8-11-24-12-9-16)14-17(19)5-6-20(22)23/h15-19H,4-14H2,1-3H3/t17-,18-,19?/m1/s1. The fraction of sp³-hybridized carbons (Fsp3) is 0.950. The van der Waals surface area contributed by atoms with Gasteiger partial charge in [-0.1, -0.05) is 20.8 Å². The fourth-order valence-electron chi connectivity index (χ4n) is 5.25. The van der Waals surface area contributed by atoms with E-state index in [-0.39, 0.29) is 0 Å². The van der Waals surface area contributed by atoms with E-state index in [0.717, 1.165) is 44.9 Å². The summed E-state index contributed by atoms with van der Waals surface area (Å²) in [6, 6.07) is 0.914. The molecule has 4 heteroatoms. The first-order valence-electron chi connectivity index (χ1n) is 10.2. The zero-order valence-electron chi connectivity index (χ0n) is 15.9. The molecular formula is C20H36N2O2. The first-order valence-corrected chi connectivity index (χ1v) is 10.2. The van der Waals surface area contributed by atoms with Gasteiger partial charge in [0.1, 0.15) is 0 Å². The van der Waals surface area contributed by atoms with Crippen LogP contribution in [0.15, 0.2) is 0 Å². The molecule has 0 saturated carbocycles. The van der Waals surface area contributed by atoms with Gasteiger partial charge in [0, 0.05) is 51.4 Å². The molecule has 3 atom stereocenters. The number of hydrogen-bond acceptors (Lipinski definition) is 3. The second-order valence-electron chi connectivity index (χ2n) is 8.49. The summed E-state index contributed by atoms with van der Waals surface area (Å²) in [5, 5.41) is 0. The minimum absolute atomic E-state index is 0.412. The lowest BCUT2D eigenvalue weighted by Crippen LogP contribution is -2.60. The van der Waals surface area contributed by atoms with Gasteiger partial charge in [0.25, 0.3) is 0 Å². The SMILES string of the molecule is CC[C@H](C(C)C)N1C(=O)CC[C@@H]2CN(CC3CCOCC3)CCC21. The highest BCUT2D eigenvalue weighted by molar-refractivity contribution is 5.78. The van der Waals surface area contributed by atoms with Crippen LogP contribution >= 0.6 is 0 Å². The molecule has 0 aromatic rings.